The minimum absolute atomic E-state index is 0.0774. The van der Waals surface area contributed by atoms with Crippen molar-refractivity contribution < 1.29 is 188 Å². The molecule has 118 heavy (non-hydrogen) atoms. The van der Waals surface area contributed by atoms with Gasteiger partial charge >= 0.3 is 0 Å². The van der Waals surface area contributed by atoms with Crippen molar-refractivity contribution >= 4 is 28.9 Å². The number of rotatable bonds is 23. The lowest BCUT2D eigenvalue weighted by atomic mass is 9.79. The zero-order valence-electron chi connectivity index (χ0n) is 149. The van der Waals surface area contributed by atoms with E-state index in [1.165, 1.54) is 0 Å². The standard InChI is InChI=1S/3C20H29NO3.2C19H27NO3/c3*1-5-13(2)8-15-12-21-7-6-14-9-19(23-3)20(24-4)10-16(14)17(21)11-18(15)22;2*1-12(2)7-14-11-20-6-5-13-8-18(22-3)19(23-4)9-15(13)16(20)10-17(14)21/h3*9-10,13,15,17H,5-8,11-12H2,1-4H3;2*8-9,12,14,16H,5-7,10-11H2,1-4H3/i2D3,3D3,4D3,5D2,6D2,7D2,8D2,11D2,13D,15D,17D;2D3,3D3,4D3,5D2,8D2,11D2,12D2,13D,15D;2D3,3D3,4D3,5D2,6D2,7D2,8D2,13D,17D;3D3,4D3,5D2,6D2,10D2,14D,16D;3D3,4D3,5D2,6D2,16D. The molecule has 10 aliphatic heterocycles. The van der Waals surface area contributed by atoms with Gasteiger partial charge in [0.05, 0.1) is 117 Å². The summed E-state index contributed by atoms with van der Waals surface area (Å²) in [4.78, 5) is 70.1. The predicted molar refractivity (Wildman–Crippen MR) is 465 cm³/mol. The topological polar surface area (TPSA) is 194 Å². The number of hydrogen-bond donors (Lipinski definition) is 0. The largest absolute Gasteiger partial charge is 0.493 e. The van der Waals surface area contributed by atoms with E-state index in [0.717, 1.165) is 35.2 Å². The zero-order valence-corrected chi connectivity index (χ0v) is 64.1. The van der Waals surface area contributed by atoms with E-state index in [1.54, 1.807) is 13.8 Å². The van der Waals surface area contributed by atoms with Gasteiger partial charge in [0.1, 0.15) is 28.9 Å². The molecule has 648 valence electrons. The van der Waals surface area contributed by atoms with Gasteiger partial charge in [-0.25, -0.2) is 0 Å². The van der Waals surface area contributed by atoms with Crippen LogP contribution < -0.4 is 47.4 Å². The molecule has 13 atom stereocenters. The molecular weight excluding hydrogens is 1490 g/mol. The first-order valence-electron chi connectivity index (χ1n) is 78.4. The Bertz CT molecular complexity index is 8150. The van der Waals surface area contributed by atoms with Crippen LogP contribution in [0.25, 0.3) is 0 Å². The number of aryl methyl sites for hydroxylation is 4. The average Bonchev–Trinajstić information content (AvgIpc) is 0.667. The Kier molecular flexibility index (Phi) is 11.0. The number of benzene rings is 5. The molecule has 0 saturated carbocycles. The fourth-order valence-corrected chi connectivity index (χ4v) is 13.6. The average molecular weight is 1710 g/mol. The van der Waals surface area contributed by atoms with E-state index in [0.29, 0.717) is 72.2 Å². The van der Waals surface area contributed by atoms with Gasteiger partial charge in [-0.1, -0.05) is 88.1 Å². The van der Waals surface area contributed by atoms with Gasteiger partial charge in [-0.2, -0.15) is 0 Å². The van der Waals surface area contributed by atoms with Crippen LogP contribution in [0, 0.1) is 59.0 Å². The molecule has 0 aliphatic carbocycles. The molecule has 10 heterocycles. The number of piperidine rings is 5. The van der Waals surface area contributed by atoms with Crippen molar-refractivity contribution in [3.8, 4) is 57.5 Å². The number of methoxy groups -OCH3 is 10. The van der Waals surface area contributed by atoms with Crippen LogP contribution in [0.5, 0.6) is 57.5 Å². The lowest BCUT2D eigenvalue weighted by molar-refractivity contribution is -0.130. The van der Waals surface area contributed by atoms with Crippen LogP contribution in [0.15, 0.2) is 60.7 Å². The van der Waals surface area contributed by atoms with Crippen LogP contribution in [0.1, 0.15) is 354 Å². The number of Topliss-reactive ketones (excluding diaryl/α,β-unsaturated/α-hetero) is 5. The van der Waals surface area contributed by atoms with Gasteiger partial charge in [0, 0.05) is 227 Å². The van der Waals surface area contributed by atoms with Crippen molar-refractivity contribution in [2.45, 2.75) is 214 Å². The van der Waals surface area contributed by atoms with Gasteiger partial charge in [0.25, 0.3) is 0 Å². The third-order valence-corrected chi connectivity index (χ3v) is 19.3. The summed E-state index contributed by atoms with van der Waals surface area (Å²) in [5.74, 6) is -39.7. The van der Waals surface area contributed by atoms with E-state index in [4.69, 9.17) is 161 Å². The molecule has 10 aliphatic rings. The molecule has 0 bridgehead atoms. The van der Waals surface area contributed by atoms with Crippen LogP contribution in [0.2, 0.25) is 0 Å². The number of ether oxygens (including phenoxy) is 10. The molecule has 5 aromatic rings. The number of carbonyl (C=O) groups is 5. The highest BCUT2D eigenvalue weighted by atomic mass is 16.5. The summed E-state index contributed by atoms with van der Waals surface area (Å²) in [5.41, 5.74) is -5.45. The van der Waals surface area contributed by atoms with Gasteiger partial charge in [-0.15, -0.1) is 0 Å². The van der Waals surface area contributed by atoms with E-state index in [9.17, 15) is 26.7 Å². The van der Waals surface area contributed by atoms with Crippen molar-refractivity contribution in [3.05, 3.63) is 116 Å². The maximum absolute atomic E-state index is 14.0. The lowest BCUT2D eigenvalue weighted by Gasteiger charge is -2.43. The third kappa shape index (κ3) is 21.0. The highest BCUT2D eigenvalue weighted by molar-refractivity contribution is 5.86. The second-order valence-corrected chi connectivity index (χ2v) is 27.7. The molecule has 0 amide bonds. The SMILES string of the molecule is [2H]C([2H])([2H])Oc1cc2c(cc1OC([2H])([2H])[2H])C([2H])([2H])C([2H])([2H])N1CC(C([2H])([2H])C([2H])(C([2H])([2H])[2H])C([2H])([2H])C)C(=O)CC21[2H].[2H]C([2H])([2H])Oc1cc2c(cc1OC([2H])([2H])[2H])C([2H])([2H])C([2H])([2H])N1CC(CC(C)C)C(=O)CC21[2H].[2H]C([2H])([2H])Oc1cc2c(cc1OC([2H])([2H])[2H])C1([2H])N(CC([2H])(C([2H])([2H])C([2H])(C([2H])([2H])[2H])C([2H])([2H])C)C(=O)C1([2H])[2H])C([2H])([2H])C2([2H])[2H].[2H]C([2H])([2H])Oc1cc2c(cc1OC([2H])([2H])[2H])C1([2H])N(CC([2H])(CC(C)C)C(=O)C1([2H])[2H])C([2H])([2H])C2([2H])[2H].[2H]C([2H])([2H])Oc1cc2c(cc1OC([2H])([2H])[2H])C1N(CC2)C([2H])([2H])C([2H])(C([2H])([2H])C([2H])(C([2H])([2H])[2H])C([2H])([2H])C)C(=O)C1([2H])[2H]. The predicted octanol–water partition coefficient (Wildman–Crippen LogP) is 17.4. The molecule has 0 N–H and O–H groups in total. The normalized spacial score (nSPS) is 47.7. The van der Waals surface area contributed by atoms with Crippen molar-refractivity contribution in [1.82, 2.24) is 24.5 Å². The second-order valence-electron chi connectivity index (χ2n) is 27.7. The van der Waals surface area contributed by atoms with Crippen molar-refractivity contribution in [3.63, 3.8) is 0 Å². The van der Waals surface area contributed by atoms with Crippen LogP contribution in [0.3, 0.4) is 0 Å². The van der Waals surface area contributed by atoms with Crippen LogP contribution >= 0.6 is 0 Å². The smallest absolute Gasteiger partial charge is 0.161 e. The molecule has 5 saturated heterocycles. The number of fused-ring (bicyclic) bond motifs is 15. The van der Waals surface area contributed by atoms with Crippen LogP contribution in [-0.4, -0.2) is 189 Å². The number of ketones is 5. The highest BCUT2D eigenvalue weighted by Gasteiger charge is 2.45. The van der Waals surface area contributed by atoms with Gasteiger partial charge in [0.2, 0.25) is 0 Å². The summed E-state index contributed by atoms with van der Waals surface area (Å²) in [5, 5.41) is 0. The molecule has 20 nitrogen and oxygen atoms in total. The van der Waals surface area contributed by atoms with E-state index in [1.807, 2.05) is 13.8 Å². The summed E-state index contributed by atoms with van der Waals surface area (Å²) in [7, 11) is -31.8. The number of hydrogen-bond acceptors (Lipinski definition) is 20. The van der Waals surface area contributed by atoms with Crippen LogP contribution in [-0.2, 0) is 55.9 Å². The summed E-state index contributed by atoms with van der Waals surface area (Å²) >= 11 is 0. The van der Waals surface area contributed by atoms with Crippen molar-refractivity contribution in [2.75, 3.05) is 136 Å². The first kappa shape index (κ1) is 31.2. The first-order chi connectivity index (χ1) is 88.9. The van der Waals surface area contributed by atoms with Gasteiger partial charge in [-0.3, -0.25) is 48.5 Å². The van der Waals surface area contributed by atoms with E-state index in [-0.39, 0.29) is 58.6 Å². The zero-order chi connectivity index (χ0) is 159. The summed E-state index contributed by atoms with van der Waals surface area (Å²) < 4.78 is 737. The Morgan fingerprint density at radius 2 is 0.712 bits per heavy atom. The van der Waals surface area contributed by atoms with E-state index < -0.39 is 442 Å². The van der Waals surface area contributed by atoms with E-state index >= 15 is 0 Å². The quantitative estimate of drug-likeness (QED) is 0.0598. The number of nitrogens with zero attached hydrogens (tertiary/aromatic N) is 5. The number of carbonyl (C=O) groups excluding carboxylic acids is 5. The second kappa shape index (κ2) is 41.7. The van der Waals surface area contributed by atoms with Gasteiger partial charge < -0.3 is 47.4 Å². The molecular formula is C98H141N5O15. The molecule has 0 aromatic heterocycles. The Balaban J connectivity index is 0.000000234. The fraction of sp³-hybridized carbons (Fsp3) is 0.643. The van der Waals surface area contributed by atoms with E-state index in [2.05, 4.69) is 0 Å². The molecule has 5 fully saturated rings. The summed E-state index contributed by atoms with van der Waals surface area (Å²) in [6, 6.07) is -5.90. The van der Waals surface area contributed by atoms with Crippen molar-refractivity contribution in [1.29, 1.82) is 0 Å². The maximum Gasteiger partial charge on any atom is 0.161 e. The molecule has 0 spiro atoms. The molecule has 5 aromatic carbocycles. The van der Waals surface area contributed by atoms with Crippen LogP contribution in [0.4, 0.5) is 0 Å². The molecule has 15 rings (SSSR count). The molecule has 0 radical (unpaired) electrons. The first-order valence-corrected chi connectivity index (χ1v) is 35.9. The monoisotopic (exact) mass is 1710 g/mol. The van der Waals surface area contributed by atoms with Gasteiger partial charge in [-0.05, 0) is 210 Å². The molecule has 13 unspecified atom stereocenters. The van der Waals surface area contributed by atoms with Crippen molar-refractivity contribution in [2.24, 2.45) is 59.0 Å². The minimum Gasteiger partial charge on any atom is -0.493 e. The summed E-state index contributed by atoms with van der Waals surface area (Å²) in [6.07, 6.45) is -46.6. The minimum atomic E-state index is -4.20. The lowest BCUT2D eigenvalue weighted by Crippen LogP contribution is -2.46. The molecule has 20 heteroatoms. The Hall–Kier alpha value is -7.75. The Labute approximate surface area is 825 Å². The fourth-order valence-electron chi connectivity index (χ4n) is 13.6. The van der Waals surface area contributed by atoms with Gasteiger partial charge in [0.15, 0.2) is 57.5 Å². The Morgan fingerprint density at radius 3 is 1.11 bits per heavy atom. The maximum atomic E-state index is 14.0. The highest BCUT2D eigenvalue weighted by Crippen LogP contribution is 2.49. The summed E-state index contributed by atoms with van der Waals surface area (Å²) in [6.45, 7) is -23.8. The Morgan fingerprint density at radius 1 is 0.381 bits per heavy atom. The third-order valence-electron chi connectivity index (χ3n) is 19.3.